The first-order valence-corrected chi connectivity index (χ1v) is 7.58. The van der Waals surface area contributed by atoms with E-state index in [1.807, 2.05) is 0 Å². The van der Waals surface area contributed by atoms with Crippen molar-refractivity contribution in [3.8, 4) is 11.8 Å². The van der Waals surface area contributed by atoms with Crippen LogP contribution in [0.2, 0.25) is 0 Å². The first-order chi connectivity index (χ1) is 10.0. The van der Waals surface area contributed by atoms with Gasteiger partial charge in [-0.05, 0) is 24.3 Å². The molecule has 6 heteroatoms. The minimum absolute atomic E-state index is 0.0193. The maximum absolute atomic E-state index is 13.6. The Morgan fingerprint density at radius 3 is 2.48 bits per heavy atom. The molecule has 0 saturated heterocycles. The number of rotatable bonds is 3. The number of hydrogen-bond acceptors (Lipinski definition) is 3. The molecule has 3 N–H and O–H groups in total. The molecule has 108 valence electrons. The molecule has 0 spiro atoms. The third kappa shape index (κ3) is 3.60. The van der Waals surface area contributed by atoms with Crippen LogP contribution in [-0.2, 0) is 10.0 Å². The average molecular weight is 304 g/mol. The normalized spacial score (nSPS) is 10.6. The van der Waals surface area contributed by atoms with Gasteiger partial charge in [-0.25, -0.2) is 12.8 Å². The van der Waals surface area contributed by atoms with E-state index in [9.17, 15) is 12.8 Å². The quantitative estimate of drug-likeness (QED) is 0.851. The number of benzene rings is 2. The lowest BCUT2D eigenvalue weighted by atomic mass is 10.2. The van der Waals surface area contributed by atoms with Crippen molar-refractivity contribution in [1.29, 1.82) is 0 Å². The van der Waals surface area contributed by atoms with Gasteiger partial charge in [0.2, 0.25) is 0 Å². The van der Waals surface area contributed by atoms with Crippen LogP contribution >= 0.6 is 0 Å². The van der Waals surface area contributed by atoms with E-state index < -0.39 is 15.8 Å². The van der Waals surface area contributed by atoms with E-state index in [1.165, 1.54) is 24.3 Å². The van der Waals surface area contributed by atoms with E-state index in [0.717, 1.165) is 0 Å². The third-order valence-electron chi connectivity index (χ3n) is 2.62. The second-order valence-electron chi connectivity index (χ2n) is 4.09. The fraction of sp³-hybridized carbons (Fsp3) is 0.0667. The Hall–Kier alpha value is -2.36. The van der Waals surface area contributed by atoms with Crippen molar-refractivity contribution in [3.05, 3.63) is 59.9 Å². The molecular weight excluding hydrogens is 291 g/mol. The molecule has 0 aromatic heterocycles. The van der Waals surface area contributed by atoms with Crippen LogP contribution in [0.3, 0.4) is 0 Å². The van der Waals surface area contributed by atoms with Gasteiger partial charge in [-0.15, -0.1) is 0 Å². The molecule has 0 fully saturated rings. The lowest BCUT2D eigenvalue weighted by Gasteiger charge is -2.10. The SMILES string of the molecule is NCC#Cc1ccccc1S(=O)(=O)Nc1ccccc1F. The molecule has 0 radical (unpaired) electrons. The Morgan fingerprint density at radius 2 is 1.76 bits per heavy atom. The minimum Gasteiger partial charge on any atom is -0.320 e. The molecule has 0 unspecified atom stereocenters. The van der Waals surface area contributed by atoms with Gasteiger partial charge < -0.3 is 5.73 Å². The van der Waals surface area contributed by atoms with E-state index in [4.69, 9.17) is 5.73 Å². The summed E-state index contributed by atoms with van der Waals surface area (Å²) in [4.78, 5) is -0.0193. The van der Waals surface area contributed by atoms with Crippen LogP contribution in [0.4, 0.5) is 10.1 Å². The van der Waals surface area contributed by atoms with Crippen molar-refractivity contribution < 1.29 is 12.8 Å². The number of hydrogen-bond donors (Lipinski definition) is 2. The average Bonchev–Trinajstić information content (AvgIpc) is 2.47. The van der Waals surface area contributed by atoms with Crippen LogP contribution in [-0.4, -0.2) is 15.0 Å². The molecule has 2 rings (SSSR count). The fourth-order valence-electron chi connectivity index (χ4n) is 1.69. The zero-order chi connectivity index (χ0) is 15.3. The maximum Gasteiger partial charge on any atom is 0.263 e. The van der Waals surface area contributed by atoms with Crippen molar-refractivity contribution in [2.24, 2.45) is 5.73 Å². The molecule has 0 aliphatic rings. The highest BCUT2D eigenvalue weighted by Crippen LogP contribution is 2.20. The molecule has 0 atom stereocenters. The Balaban J connectivity index is 2.43. The molecule has 21 heavy (non-hydrogen) atoms. The van der Waals surface area contributed by atoms with Crippen molar-refractivity contribution in [2.45, 2.75) is 4.90 Å². The number of sulfonamides is 1. The summed E-state index contributed by atoms with van der Waals surface area (Å²) >= 11 is 0. The first-order valence-electron chi connectivity index (χ1n) is 6.10. The Labute approximate surface area is 122 Å². The summed E-state index contributed by atoms with van der Waals surface area (Å²) in [6, 6.07) is 11.8. The molecule has 0 bridgehead atoms. The smallest absolute Gasteiger partial charge is 0.263 e. The largest absolute Gasteiger partial charge is 0.320 e. The molecule has 4 nitrogen and oxygen atoms in total. The second-order valence-corrected chi connectivity index (χ2v) is 5.74. The highest BCUT2D eigenvalue weighted by molar-refractivity contribution is 7.92. The van der Waals surface area contributed by atoms with Gasteiger partial charge in [-0.3, -0.25) is 4.72 Å². The van der Waals surface area contributed by atoms with Crippen LogP contribution in [0.5, 0.6) is 0 Å². The number of anilines is 1. The molecule has 0 amide bonds. The summed E-state index contributed by atoms with van der Waals surface area (Å²) in [5, 5.41) is 0. The van der Waals surface area contributed by atoms with E-state index in [1.54, 1.807) is 24.3 Å². The molecule has 0 aliphatic carbocycles. The lowest BCUT2D eigenvalue weighted by Crippen LogP contribution is -2.15. The summed E-state index contributed by atoms with van der Waals surface area (Å²) in [5.41, 5.74) is 5.49. The van der Waals surface area contributed by atoms with Gasteiger partial charge in [0.15, 0.2) is 0 Å². The van der Waals surface area contributed by atoms with E-state index in [2.05, 4.69) is 16.6 Å². The molecular formula is C15H13FN2O2S. The number of halogens is 1. The van der Waals surface area contributed by atoms with Gasteiger partial charge in [-0.2, -0.15) is 0 Å². The zero-order valence-electron chi connectivity index (χ0n) is 11.0. The van der Waals surface area contributed by atoms with Gasteiger partial charge in [0.1, 0.15) is 10.7 Å². The summed E-state index contributed by atoms with van der Waals surface area (Å²) in [6.45, 7) is 0.120. The van der Waals surface area contributed by atoms with Crippen molar-refractivity contribution in [1.82, 2.24) is 0 Å². The van der Waals surface area contributed by atoms with E-state index in [-0.39, 0.29) is 17.1 Å². The Morgan fingerprint density at radius 1 is 1.10 bits per heavy atom. The molecule has 0 aliphatic heterocycles. The van der Waals surface area contributed by atoms with Crippen LogP contribution in [0, 0.1) is 17.7 Å². The minimum atomic E-state index is -3.93. The predicted octanol–water partition coefficient (Wildman–Crippen LogP) is 1.94. The highest BCUT2D eigenvalue weighted by Gasteiger charge is 2.18. The first kappa shape index (κ1) is 15.0. The molecule has 2 aromatic carbocycles. The van der Waals surface area contributed by atoms with Crippen molar-refractivity contribution >= 4 is 15.7 Å². The zero-order valence-corrected chi connectivity index (χ0v) is 11.8. The summed E-state index contributed by atoms with van der Waals surface area (Å²) in [5.74, 6) is 4.65. The third-order valence-corrected chi connectivity index (χ3v) is 4.04. The second kappa shape index (κ2) is 6.39. The molecule has 2 aromatic rings. The van der Waals surface area contributed by atoms with Gasteiger partial charge >= 0.3 is 0 Å². The Bertz CT molecular complexity index is 808. The van der Waals surface area contributed by atoms with E-state index in [0.29, 0.717) is 5.56 Å². The van der Waals surface area contributed by atoms with Crippen molar-refractivity contribution in [2.75, 3.05) is 11.3 Å². The predicted molar refractivity (Wildman–Crippen MR) is 79.6 cm³/mol. The topological polar surface area (TPSA) is 72.2 Å². The Kier molecular flexibility index (Phi) is 4.58. The van der Waals surface area contributed by atoms with Crippen LogP contribution in [0.15, 0.2) is 53.4 Å². The molecule has 0 heterocycles. The standard InChI is InChI=1S/C15H13FN2O2S/c16-13-8-2-3-9-14(13)18-21(19,20)15-10-4-1-6-12(15)7-5-11-17/h1-4,6,8-10,18H,11,17H2. The lowest BCUT2D eigenvalue weighted by molar-refractivity contribution is 0.598. The fourth-order valence-corrected chi connectivity index (χ4v) is 2.93. The maximum atomic E-state index is 13.6. The van der Waals surface area contributed by atoms with Crippen LogP contribution in [0.1, 0.15) is 5.56 Å². The van der Waals surface area contributed by atoms with E-state index >= 15 is 0 Å². The van der Waals surface area contributed by atoms with Gasteiger partial charge in [0.05, 0.1) is 12.2 Å². The summed E-state index contributed by atoms with van der Waals surface area (Å²) < 4.78 is 40.5. The van der Waals surface area contributed by atoms with Crippen molar-refractivity contribution in [3.63, 3.8) is 0 Å². The van der Waals surface area contributed by atoms with Gasteiger partial charge in [-0.1, -0.05) is 36.1 Å². The highest BCUT2D eigenvalue weighted by atomic mass is 32.2. The number of para-hydroxylation sites is 1. The summed E-state index contributed by atoms with van der Waals surface area (Å²) in [6.07, 6.45) is 0. The van der Waals surface area contributed by atoms with Gasteiger partial charge in [0, 0.05) is 5.56 Å². The van der Waals surface area contributed by atoms with Crippen LogP contribution < -0.4 is 10.5 Å². The molecule has 0 saturated carbocycles. The number of nitrogens with one attached hydrogen (secondary N) is 1. The number of nitrogens with two attached hydrogens (primary N) is 1. The van der Waals surface area contributed by atoms with Crippen LogP contribution in [0.25, 0.3) is 0 Å². The summed E-state index contributed by atoms with van der Waals surface area (Å²) in [7, 11) is -3.93. The monoisotopic (exact) mass is 304 g/mol. The van der Waals surface area contributed by atoms with Gasteiger partial charge in [0.25, 0.3) is 10.0 Å².